The van der Waals surface area contributed by atoms with Gasteiger partial charge in [-0.25, -0.2) is 0 Å². The number of hydrogen-bond donors (Lipinski definition) is 1. The fourth-order valence-electron chi connectivity index (χ4n) is 2.29. The molecule has 0 saturated carbocycles. The van der Waals surface area contributed by atoms with E-state index in [4.69, 9.17) is 23.2 Å². The van der Waals surface area contributed by atoms with Crippen LogP contribution in [0.5, 0.6) is 0 Å². The van der Waals surface area contributed by atoms with Crippen molar-refractivity contribution >= 4 is 34.5 Å². The molecule has 0 amide bonds. The Labute approximate surface area is 141 Å². The van der Waals surface area contributed by atoms with E-state index in [0.29, 0.717) is 16.1 Å². The van der Waals surface area contributed by atoms with E-state index in [9.17, 15) is 0 Å². The van der Waals surface area contributed by atoms with Gasteiger partial charge in [0.05, 0.1) is 10.0 Å². The second-order valence-electron chi connectivity index (χ2n) is 5.31. The summed E-state index contributed by atoms with van der Waals surface area (Å²) in [5.74, 6) is 0. The Hall–Kier alpha value is -0.540. The Balaban J connectivity index is 2.26. The normalized spacial score (nSPS) is 12.6. The first kappa shape index (κ1) is 16.8. The third kappa shape index (κ3) is 4.23. The Morgan fingerprint density at radius 3 is 2.62 bits per heavy atom. The minimum absolute atomic E-state index is 0.290. The quantitative estimate of drug-likeness (QED) is 0.683. The fourth-order valence-corrected chi connectivity index (χ4v) is 3.81. The Morgan fingerprint density at radius 2 is 2.00 bits per heavy atom. The summed E-state index contributed by atoms with van der Waals surface area (Å²) >= 11 is 14.3. The van der Waals surface area contributed by atoms with Gasteiger partial charge in [0.2, 0.25) is 0 Å². The highest BCUT2D eigenvalue weighted by atomic mass is 35.5. The van der Waals surface area contributed by atoms with Crippen LogP contribution in [0.4, 0.5) is 0 Å². The SMILES string of the molecule is CCCNC(Cc1cccc(Cl)c1Cl)c1cc(C)c(C)s1. The van der Waals surface area contributed by atoms with Crippen molar-refractivity contribution in [1.82, 2.24) is 5.32 Å². The lowest BCUT2D eigenvalue weighted by atomic mass is 10.0. The lowest BCUT2D eigenvalue weighted by Crippen LogP contribution is -2.23. The van der Waals surface area contributed by atoms with Crippen LogP contribution in [-0.4, -0.2) is 6.54 Å². The predicted octanol–water partition coefficient (Wildman–Crippen LogP) is 5.96. The van der Waals surface area contributed by atoms with Gasteiger partial charge in [-0.1, -0.05) is 42.3 Å². The van der Waals surface area contributed by atoms with Gasteiger partial charge in [-0.2, -0.15) is 0 Å². The molecule has 1 aromatic heterocycles. The van der Waals surface area contributed by atoms with Gasteiger partial charge in [0, 0.05) is 15.8 Å². The first-order valence-electron chi connectivity index (χ1n) is 7.26. The van der Waals surface area contributed by atoms with Crippen molar-refractivity contribution in [2.75, 3.05) is 6.54 Å². The van der Waals surface area contributed by atoms with E-state index in [0.717, 1.165) is 24.9 Å². The average molecular weight is 342 g/mol. The van der Waals surface area contributed by atoms with E-state index in [1.807, 2.05) is 23.5 Å². The molecule has 21 heavy (non-hydrogen) atoms. The number of halogens is 2. The summed E-state index contributed by atoms with van der Waals surface area (Å²) < 4.78 is 0. The molecule has 0 fully saturated rings. The predicted molar refractivity (Wildman–Crippen MR) is 95.0 cm³/mol. The summed E-state index contributed by atoms with van der Waals surface area (Å²) in [5.41, 5.74) is 2.46. The zero-order valence-electron chi connectivity index (χ0n) is 12.7. The minimum Gasteiger partial charge on any atom is -0.309 e. The summed E-state index contributed by atoms with van der Waals surface area (Å²) in [5, 5.41) is 4.93. The van der Waals surface area contributed by atoms with Crippen molar-refractivity contribution in [2.45, 2.75) is 39.7 Å². The zero-order valence-corrected chi connectivity index (χ0v) is 15.0. The molecule has 1 unspecified atom stereocenters. The van der Waals surface area contributed by atoms with Crippen LogP contribution in [0.3, 0.4) is 0 Å². The molecule has 0 radical (unpaired) electrons. The van der Waals surface area contributed by atoms with Gasteiger partial charge in [0.25, 0.3) is 0 Å². The topological polar surface area (TPSA) is 12.0 Å². The molecule has 1 nitrogen and oxygen atoms in total. The standard InChI is InChI=1S/C17H21Cl2NS/c1-4-8-20-15(16-9-11(2)12(3)21-16)10-13-6-5-7-14(18)17(13)19/h5-7,9,15,20H,4,8,10H2,1-3H3. The van der Waals surface area contributed by atoms with Crippen LogP contribution in [-0.2, 0) is 6.42 Å². The molecule has 0 aliphatic heterocycles. The van der Waals surface area contributed by atoms with E-state index >= 15 is 0 Å². The monoisotopic (exact) mass is 341 g/mol. The summed E-state index contributed by atoms with van der Waals surface area (Å²) in [4.78, 5) is 2.75. The first-order valence-corrected chi connectivity index (χ1v) is 8.83. The van der Waals surface area contributed by atoms with Crippen molar-refractivity contribution in [3.8, 4) is 0 Å². The van der Waals surface area contributed by atoms with Gasteiger partial charge < -0.3 is 5.32 Å². The highest BCUT2D eigenvalue weighted by Gasteiger charge is 2.17. The molecule has 0 aliphatic rings. The van der Waals surface area contributed by atoms with Gasteiger partial charge >= 0.3 is 0 Å². The average Bonchev–Trinajstić information content (AvgIpc) is 2.79. The van der Waals surface area contributed by atoms with Crippen molar-refractivity contribution in [3.63, 3.8) is 0 Å². The fraction of sp³-hybridized carbons (Fsp3) is 0.412. The molecule has 1 atom stereocenters. The summed E-state index contributed by atoms with van der Waals surface area (Å²) in [6.45, 7) is 7.52. The molecule has 114 valence electrons. The zero-order chi connectivity index (χ0) is 15.4. The van der Waals surface area contributed by atoms with E-state index in [1.165, 1.54) is 15.3 Å². The Kier molecular flexibility index (Phi) is 6.12. The van der Waals surface area contributed by atoms with Gasteiger partial charge in [-0.05, 0) is 56.5 Å². The van der Waals surface area contributed by atoms with Crippen LogP contribution in [0.1, 0.15) is 40.3 Å². The molecule has 4 heteroatoms. The van der Waals surface area contributed by atoms with Crippen molar-refractivity contribution in [2.24, 2.45) is 0 Å². The van der Waals surface area contributed by atoms with Gasteiger partial charge in [-0.3, -0.25) is 0 Å². The number of rotatable bonds is 6. The number of benzene rings is 1. The number of nitrogens with one attached hydrogen (secondary N) is 1. The lowest BCUT2D eigenvalue weighted by molar-refractivity contribution is 0.536. The van der Waals surface area contributed by atoms with Crippen LogP contribution in [0.2, 0.25) is 10.0 Å². The van der Waals surface area contributed by atoms with Gasteiger partial charge in [0.15, 0.2) is 0 Å². The Morgan fingerprint density at radius 1 is 1.24 bits per heavy atom. The van der Waals surface area contributed by atoms with Crippen LogP contribution in [0, 0.1) is 13.8 Å². The van der Waals surface area contributed by atoms with E-state index in [-0.39, 0.29) is 0 Å². The third-order valence-electron chi connectivity index (χ3n) is 3.62. The largest absolute Gasteiger partial charge is 0.309 e. The minimum atomic E-state index is 0.290. The summed E-state index contributed by atoms with van der Waals surface area (Å²) in [6, 6.07) is 8.43. The molecule has 0 bridgehead atoms. The third-order valence-corrected chi connectivity index (χ3v) is 5.75. The maximum atomic E-state index is 6.34. The van der Waals surface area contributed by atoms with Crippen LogP contribution >= 0.6 is 34.5 Å². The number of thiophene rings is 1. The van der Waals surface area contributed by atoms with E-state index < -0.39 is 0 Å². The smallest absolute Gasteiger partial charge is 0.0624 e. The molecule has 2 aromatic rings. The molecule has 0 spiro atoms. The van der Waals surface area contributed by atoms with Crippen molar-refractivity contribution in [3.05, 3.63) is 55.2 Å². The second-order valence-corrected chi connectivity index (χ2v) is 7.38. The lowest BCUT2D eigenvalue weighted by Gasteiger charge is -2.18. The highest BCUT2D eigenvalue weighted by Crippen LogP contribution is 2.32. The van der Waals surface area contributed by atoms with E-state index in [1.54, 1.807) is 0 Å². The molecule has 2 rings (SSSR count). The number of hydrogen-bond acceptors (Lipinski definition) is 2. The Bertz CT molecular complexity index is 587. The molecular formula is C17H21Cl2NS. The second kappa shape index (κ2) is 7.64. The van der Waals surface area contributed by atoms with Crippen LogP contribution < -0.4 is 5.32 Å². The van der Waals surface area contributed by atoms with E-state index in [2.05, 4.69) is 38.2 Å². The van der Waals surface area contributed by atoms with Crippen molar-refractivity contribution < 1.29 is 0 Å². The van der Waals surface area contributed by atoms with Crippen LogP contribution in [0.15, 0.2) is 24.3 Å². The highest BCUT2D eigenvalue weighted by molar-refractivity contribution is 7.12. The number of aryl methyl sites for hydroxylation is 2. The molecule has 1 N–H and O–H groups in total. The maximum absolute atomic E-state index is 6.34. The molecular weight excluding hydrogens is 321 g/mol. The van der Waals surface area contributed by atoms with Crippen LogP contribution in [0.25, 0.3) is 0 Å². The van der Waals surface area contributed by atoms with Gasteiger partial charge in [-0.15, -0.1) is 11.3 Å². The molecule has 0 aliphatic carbocycles. The molecule has 0 saturated heterocycles. The molecule has 1 aromatic carbocycles. The first-order chi connectivity index (χ1) is 10.0. The van der Waals surface area contributed by atoms with Gasteiger partial charge in [0.1, 0.15) is 0 Å². The molecule has 1 heterocycles. The maximum Gasteiger partial charge on any atom is 0.0624 e. The van der Waals surface area contributed by atoms with Crippen molar-refractivity contribution in [1.29, 1.82) is 0 Å². The summed E-state index contributed by atoms with van der Waals surface area (Å²) in [6.07, 6.45) is 1.97. The summed E-state index contributed by atoms with van der Waals surface area (Å²) in [7, 11) is 0.